The van der Waals surface area contributed by atoms with Crippen LogP contribution in [0.1, 0.15) is 30.4 Å². The van der Waals surface area contributed by atoms with Gasteiger partial charge in [-0.05, 0) is 54.3 Å². The number of aromatic nitrogens is 1. The van der Waals surface area contributed by atoms with Crippen molar-refractivity contribution in [3.8, 4) is 5.75 Å². The number of carboxylic acid groups (broad SMARTS) is 1. The number of carbonyl (C=O) groups is 2. The molecule has 6 nitrogen and oxygen atoms in total. The third-order valence-electron chi connectivity index (χ3n) is 4.57. The van der Waals surface area contributed by atoms with E-state index < -0.39 is 5.97 Å². The molecular formula is C25H23ClN2O4. The molecule has 3 aromatic rings. The first-order valence-electron chi connectivity index (χ1n) is 10.1. The maximum Gasteiger partial charge on any atom is 0.303 e. The number of aliphatic carboxylic acids is 1. The quantitative estimate of drug-likeness (QED) is 0.401. The minimum absolute atomic E-state index is 0.109. The summed E-state index contributed by atoms with van der Waals surface area (Å²) in [5, 5.41) is 12.2. The highest BCUT2D eigenvalue weighted by molar-refractivity contribution is 6.32. The Morgan fingerprint density at radius 2 is 1.88 bits per heavy atom. The van der Waals surface area contributed by atoms with E-state index in [4.69, 9.17) is 21.4 Å². The van der Waals surface area contributed by atoms with Gasteiger partial charge in [0, 0.05) is 30.1 Å². The predicted molar refractivity (Wildman–Crippen MR) is 125 cm³/mol. The summed E-state index contributed by atoms with van der Waals surface area (Å²) in [7, 11) is 0. The van der Waals surface area contributed by atoms with Gasteiger partial charge in [0.15, 0.2) is 6.61 Å². The molecule has 0 atom stereocenters. The van der Waals surface area contributed by atoms with E-state index in [0.717, 1.165) is 16.7 Å². The number of pyridine rings is 1. The summed E-state index contributed by atoms with van der Waals surface area (Å²) in [6.45, 7) is -0.172. The summed E-state index contributed by atoms with van der Waals surface area (Å²) >= 11 is 6.05. The van der Waals surface area contributed by atoms with Crippen LogP contribution in [0.15, 0.2) is 79.1 Å². The zero-order valence-corrected chi connectivity index (χ0v) is 18.1. The second-order valence-electron chi connectivity index (χ2n) is 6.99. The van der Waals surface area contributed by atoms with Crippen molar-refractivity contribution in [2.45, 2.75) is 19.3 Å². The second-order valence-corrected chi connectivity index (χ2v) is 7.40. The molecule has 2 N–H and O–H groups in total. The molecule has 0 unspecified atom stereocenters. The van der Waals surface area contributed by atoms with Crippen molar-refractivity contribution in [3.63, 3.8) is 0 Å². The maximum absolute atomic E-state index is 12.4. The average Bonchev–Trinajstić information content (AvgIpc) is 2.79. The number of nitrogens with one attached hydrogen (secondary N) is 1. The van der Waals surface area contributed by atoms with Gasteiger partial charge in [-0.25, -0.2) is 0 Å². The highest BCUT2D eigenvalue weighted by atomic mass is 35.5. The van der Waals surface area contributed by atoms with Crippen LogP contribution >= 0.6 is 11.6 Å². The van der Waals surface area contributed by atoms with Crippen molar-refractivity contribution in [2.75, 3.05) is 11.9 Å². The molecule has 0 radical (unpaired) electrons. The normalized spacial score (nSPS) is 11.1. The number of nitrogens with zero attached hydrogens (tertiary/aromatic N) is 1. The first-order valence-corrected chi connectivity index (χ1v) is 10.5. The lowest BCUT2D eigenvalue weighted by Gasteiger charge is -2.12. The lowest BCUT2D eigenvalue weighted by atomic mass is 9.97. The second kappa shape index (κ2) is 11.7. The van der Waals surface area contributed by atoms with Crippen LogP contribution in [0.3, 0.4) is 0 Å². The van der Waals surface area contributed by atoms with Crippen LogP contribution in [-0.4, -0.2) is 28.6 Å². The number of rotatable bonds is 10. The molecule has 2 aromatic carbocycles. The Kier molecular flexibility index (Phi) is 8.40. The van der Waals surface area contributed by atoms with Crippen molar-refractivity contribution in [1.82, 2.24) is 4.98 Å². The van der Waals surface area contributed by atoms with E-state index in [1.54, 1.807) is 42.7 Å². The number of unbranched alkanes of at least 4 members (excludes halogenated alkanes) is 1. The molecule has 1 amide bonds. The first-order chi connectivity index (χ1) is 15.5. The van der Waals surface area contributed by atoms with Crippen LogP contribution in [0.25, 0.3) is 5.57 Å². The number of benzene rings is 2. The number of hydrogen-bond donors (Lipinski definition) is 2. The van der Waals surface area contributed by atoms with Crippen LogP contribution < -0.4 is 10.1 Å². The monoisotopic (exact) mass is 450 g/mol. The van der Waals surface area contributed by atoms with Crippen LogP contribution in [0.4, 0.5) is 5.69 Å². The summed E-state index contributed by atoms with van der Waals surface area (Å²) < 4.78 is 5.49. The van der Waals surface area contributed by atoms with Crippen LogP contribution in [0.5, 0.6) is 5.75 Å². The lowest BCUT2D eigenvalue weighted by Crippen LogP contribution is -2.20. The molecule has 3 rings (SSSR count). The number of ether oxygens (including phenoxy) is 1. The van der Waals surface area contributed by atoms with Gasteiger partial charge in [-0.15, -0.1) is 0 Å². The molecule has 1 aromatic heterocycles. The van der Waals surface area contributed by atoms with Gasteiger partial charge in [-0.2, -0.15) is 0 Å². The third-order valence-corrected chi connectivity index (χ3v) is 4.88. The smallest absolute Gasteiger partial charge is 0.303 e. The molecule has 0 bridgehead atoms. The SMILES string of the molecule is O=C(O)CCCC=C(c1cccnc1)c1cccc(NC(=O)COc2ccccc2Cl)c1. The van der Waals surface area contributed by atoms with Gasteiger partial charge in [0.1, 0.15) is 5.75 Å². The Hall–Kier alpha value is -3.64. The van der Waals surface area contributed by atoms with E-state index in [0.29, 0.717) is 29.3 Å². The Morgan fingerprint density at radius 1 is 1.06 bits per heavy atom. The number of anilines is 1. The molecule has 0 aliphatic heterocycles. The van der Waals surface area contributed by atoms with Gasteiger partial charge in [0.05, 0.1) is 5.02 Å². The van der Waals surface area contributed by atoms with E-state index in [-0.39, 0.29) is 18.9 Å². The fraction of sp³-hybridized carbons (Fsp3) is 0.160. The highest BCUT2D eigenvalue weighted by Gasteiger charge is 2.09. The summed E-state index contributed by atoms with van der Waals surface area (Å²) in [6.07, 6.45) is 6.71. The minimum Gasteiger partial charge on any atom is -0.482 e. The predicted octanol–water partition coefficient (Wildman–Crippen LogP) is 5.44. The average molecular weight is 451 g/mol. The Labute approximate surface area is 191 Å². The van der Waals surface area contributed by atoms with Gasteiger partial charge in [-0.1, -0.05) is 48.0 Å². The summed E-state index contributed by atoms with van der Waals surface area (Å²) in [5.74, 6) is -0.679. The van der Waals surface area contributed by atoms with Crippen molar-refractivity contribution in [1.29, 1.82) is 0 Å². The molecular weight excluding hydrogens is 428 g/mol. The molecule has 32 heavy (non-hydrogen) atoms. The van der Waals surface area contributed by atoms with Gasteiger partial charge in [0.2, 0.25) is 0 Å². The van der Waals surface area contributed by atoms with Crippen molar-refractivity contribution >= 4 is 34.7 Å². The van der Waals surface area contributed by atoms with Crippen LogP contribution in [0, 0.1) is 0 Å². The van der Waals surface area contributed by atoms with Gasteiger partial charge >= 0.3 is 5.97 Å². The lowest BCUT2D eigenvalue weighted by molar-refractivity contribution is -0.137. The molecule has 164 valence electrons. The zero-order valence-electron chi connectivity index (χ0n) is 17.3. The molecule has 7 heteroatoms. The third kappa shape index (κ3) is 6.96. The van der Waals surface area contributed by atoms with E-state index >= 15 is 0 Å². The summed E-state index contributed by atoms with van der Waals surface area (Å²) in [4.78, 5) is 27.4. The number of para-hydroxylation sites is 1. The number of carbonyl (C=O) groups excluding carboxylic acids is 1. The molecule has 0 aliphatic rings. The zero-order chi connectivity index (χ0) is 22.8. The largest absolute Gasteiger partial charge is 0.482 e. The fourth-order valence-electron chi connectivity index (χ4n) is 3.09. The van der Waals surface area contributed by atoms with Crippen LogP contribution in [0.2, 0.25) is 5.02 Å². The van der Waals surface area contributed by atoms with Crippen molar-refractivity contribution in [2.24, 2.45) is 0 Å². The van der Waals surface area contributed by atoms with Crippen molar-refractivity contribution < 1.29 is 19.4 Å². The maximum atomic E-state index is 12.4. The molecule has 0 spiro atoms. The molecule has 0 saturated heterocycles. The number of carboxylic acids is 1. The van der Waals surface area contributed by atoms with E-state index in [2.05, 4.69) is 10.3 Å². The highest BCUT2D eigenvalue weighted by Crippen LogP contribution is 2.26. The van der Waals surface area contributed by atoms with Crippen molar-refractivity contribution in [3.05, 3.63) is 95.3 Å². The Bertz CT molecular complexity index is 1100. The molecule has 0 saturated carbocycles. The Morgan fingerprint density at radius 3 is 2.62 bits per heavy atom. The van der Waals surface area contributed by atoms with E-state index in [1.165, 1.54) is 0 Å². The Balaban J connectivity index is 1.72. The first kappa shape index (κ1) is 23.0. The number of halogens is 1. The van der Waals surface area contributed by atoms with Crippen LogP contribution in [-0.2, 0) is 9.59 Å². The van der Waals surface area contributed by atoms with E-state index in [1.807, 2.05) is 36.4 Å². The number of hydrogen-bond acceptors (Lipinski definition) is 4. The van der Waals surface area contributed by atoms with Gasteiger partial charge < -0.3 is 15.2 Å². The minimum atomic E-state index is -0.815. The topological polar surface area (TPSA) is 88.5 Å². The molecule has 1 heterocycles. The number of allylic oxidation sites excluding steroid dienone is 1. The van der Waals surface area contributed by atoms with Gasteiger partial charge in [0.25, 0.3) is 5.91 Å². The molecule has 0 aliphatic carbocycles. The fourth-order valence-corrected chi connectivity index (χ4v) is 3.28. The summed E-state index contributed by atoms with van der Waals surface area (Å²) in [6, 6.07) is 18.2. The van der Waals surface area contributed by atoms with E-state index in [9.17, 15) is 9.59 Å². The standard InChI is InChI=1S/C25H23ClN2O4/c26-22-11-2-3-12-23(22)32-17-24(29)28-20-9-5-7-18(15-20)21(10-1-4-13-25(30)31)19-8-6-14-27-16-19/h2-3,5-12,14-16H,1,4,13,17H2,(H,28,29)(H,30,31). The number of amides is 1. The van der Waals surface area contributed by atoms with Gasteiger partial charge in [-0.3, -0.25) is 14.6 Å². The summed E-state index contributed by atoms with van der Waals surface area (Å²) in [5.41, 5.74) is 3.34. The molecule has 0 fully saturated rings.